The molecule has 0 aliphatic carbocycles. The van der Waals surface area contributed by atoms with Gasteiger partial charge >= 0.3 is 5.97 Å². The molecule has 6 unspecified atom stereocenters. The zero-order valence-corrected chi connectivity index (χ0v) is 26.4. The molecule has 12 nitrogen and oxygen atoms in total. The van der Waals surface area contributed by atoms with Crippen LogP contribution in [0.4, 0.5) is 0 Å². The first-order chi connectivity index (χ1) is 22.0. The molecule has 0 radical (unpaired) electrons. The molecule has 4 rings (SSSR count). The summed E-state index contributed by atoms with van der Waals surface area (Å²) in [6.45, 7) is 4.42. The molecule has 46 heavy (non-hydrogen) atoms. The lowest BCUT2D eigenvalue weighted by molar-refractivity contribution is -0.146. The number of hydrogen-bond donors (Lipinski definition) is 5. The second-order valence-corrected chi connectivity index (χ2v) is 12.3. The molecule has 2 aromatic rings. The van der Waals surface area contributed by atoms with Gasteiger partial charge in [-0.15, -0.1) is 0 Å². The van der Waals surface area contributed by atoms with E-state index in [0.29, 0.717) is 45.2 Å². The largest absolute Gasteiger partial charge is 0.508 e. The number of phenols is 1. The van der Waals surface area contributed by atoms with Crippen LogP contribution in [0.2, 0.25) is 0 Å². The van der Waals surface area contributed by atoms with Crippen LogP contribution >= 0.6 is 0 Å². The lowest BCUT2D eigenvalue weighted by Crippen LogP contribution is -2.59. The zero-order valence-electron chi connectivity index (χ0n) is 26.4. The van der Waals surface area contributed by atoms with Crippen LogP contribution in [0.1, 0.15) is 57.1 Å². The summed E-state index contributed by atoms with van der Waals surface area (Å²) in [6, 6.07) is 10.8. The highest BCUT2D eigenvalue weighted by Crippen LogP contribution is 2.24. The first-order valence-electron chi connectivity index (χ1n) is 16.0. The smallest absolute Gasteiger partial charge is 0.326 e. The van der Waals surface area contributed by atoms with Gasteiger partial charge in [-0.05, 0) is 61.3 Å². The van der Waals surface area contributed by atoms with Crippen molar-refractivity contribution in [2.75, 3.05) is 13.1 Å². The van der Waals surface area contributed by atoms with E-state index in [1.165, 1.54) is 21.9 Å². The van der Waals surface area contributed by atoms with E-state index < -0.39 is 53.9 Å². The second kappa shape index (κ2) is 15.7. The van der Waals surface area contributed by atoms with Crippen LogP contribution in [0.15, 0.2) is 54.6 Å². The van der Waals surface area contributed by atoms with Crippen molar-refractivity contribution in [2.24, 2.45) is 11.7 Å². The van der Waals surface area contributed by atoms with Crippen LogP contribution in [0.5, 0.6) is 5.75 Å². The van der Waals surface area contributed by atoms with Crippen LogP contribution in [-0.2, 0) is 36.8 Å². The third-order valence-electron chi connectivity index (χ3n) is 9.06. The van der Waals surface area contributed by atoms with E-state index >= 15 is 0 Å². The van der Waals surface area contributed by atoms with E-state index in [4.69, 9.17) is 5.73 Å². The van der Waals surface area contributed by atoms with E-state index in [1.54, 1.807) is 36.4 Å². The summed E-state index contributed by atoms with van der Waals surface area (Å²) in [7, 11) is 0. The molecule has 2 aliphatic rings. The van der Waals surface area contributed by atoms with Gasteiger partial charge in [-0.3, -0.25) is 19.2 Å². The number of likely N-dealkylation sites (tertiary alicyclic amines) is 2. The molecule has 12 heteroatoms. The minimum atomic E-state index is -1.17. The Morgan fingerprint density at radius 2 is 1.37 bits per heavy atom. The summed E-state index contributed by atoms with van der Waals surface area (Å²) in [5.74, 6) is -3.09. The van der Waals surface area contributed by atoms with Crippen LogP contribution in [0.3, 0.4) is 0 Å². The summed E-state index contributed by atoms with van der Waals surface area (Å²) in [6.07, 6.45) is 2.89. The highest BCUT2D eigenvalue weighted by molar-refractivity contribution is 5.96. The van der Waals surface area contributed by atoms with Gasteiger partial charge in [0.25, 0.3) is 0 Å². The van der Waals surface area contributed by atoms with E-state index in [2.05, 4.69) is 10.6 Å². The molecule has 4 amide bonds. The number of aromatic hydroxyl groups is 1. The number of nitrogens with zero attached hydrogens (tertiary/aromatic N) is 2. The topological polar surface area (TPSA) is 182 Å². The van der Waals surface area contributed by atoms with E-state index in [-0.39, 0.29) is 30.4 Å². The molecular weight excluding hydrogens is 590 g/mol. The summed E-state index contributed by atoms with van der Waals surface area (Å²) in [5, 5.41) is 24.8. The Morgan fingerprint density at radius 3 is 1.93 bits per heavy atom. The van der Waals surface area contributed by atoms with Gasteiger partial charge in [0.05, 0.1) is 6.04 Å². The molecule has 0 spiro atoms. The van der Waals surface area contributed by atoms with E-state index in [9.17, 15) is 34.2 Å². The molecule has 2 aliphatic heterocycles. The maximum Gasteiger partial charge on any atom is 0.326 e. The van der Waals surface area contributed by atoms with Gasteiger partial charge in [0.1, 0.15) is 29.9 Å². The van der Waals surface area contributed by atoms with Gasteiger partial charge < -0.3 is 36.4 Å². The predicted octanol–water partition coefficient (Wildman–Crippen LogP) is 1.59. The van der Waals surface area contributed by atoms with Crippen molar-refractivity contribution in [2.45, 2.75) is 89.0 Å². The fourth-order valence-corrected chi connectivity index (χ4v) is 6.22. The predicted molar refractivity (Wildman–Crippen MR) is 170 cm³/mol. The number of carboxylic acid groups (broad SMARTS) is 1. The standard InChI is InChI=1S/C34H45N5O7/c1-3-21(2)29(37-31(42)28-12-7-17-38(28)32(43)25(35)19-23-13-15-24(40)16-14-23)33(44)39-18-8-11-27(39)30(41)36-26(34(45)46)20-22-9-5-4-6-10-22/h4-6,9-10,13-16,21,25-29,40H,3,7-8,11-12,17-20,35H2,1-2H3,(H,36,41)(H,37,42)(H,45,46). The van der Waals surface area contributed by atoms with Crippen molar-refractivity contribution in [1.29, 1.82) is 0 Å². The highest BCUT2D eigenvalue weighted by Gasteiger charge is 2.42. The van der Waals surface area contributed by atoms with E-state index in [1.807, 2.05) is 19.9 Å². The van der Waals surface area contributed by atoms with Crippen LogP contribution < -0.4 is 16.4 Å². The van der Waals surface area contributed by atoms with Crippen LogP contribution in [0.25, 0.3) is 0 Å². The van der Waals surface area contributed by atoms with Crippen molar-refractivity contribution in [3.8, 4) is 5.75 Å². The normalized spacial score (nSPS) is 20.4. The number of benzene rings is 2. The highest BCUT2D eigenvalue weighted by atomic mass is 16.4. The Bertz CT molecular complexity index is 1390. The average Bonchev–Trinajstić information content (AvgIpc) is 3.74. The Labute approximate surface area is 269 Å². The molecule has 2 fully saturated rings. The van der Waals surface area contributed by atoms with Gasteiger partial charge in [0.15, 0.2) is 0 Å². The van der Waals surface area contributed by atoms with Crippen LogP contribution in [-0.4, -0.2) is 92.9 Å². The Kier molecular flexibility index (Phi) is 11.8. The fraction of sp³-hybridized carbons (Fsp3) is 0.500. The third-order valence-corrected chi connectivity index (χ3v) is 9.06. The lowest BCUT2D eigenvalue weighted by Gasteiger charge is -2.33. The number of amides is 4. The van der Waals surface area contributed by atoms with Crippen molar-refractivity contribution in [3.05, 3.63) is 65.7 Å². The fourth-order valence-electron chi connectivity index (χ4n) is 6.22. The minimum Gasteiger partial charge on any atom is -0.508 e. The van der Waals surface area contributed by atoms with Gasteiger partial charge in [-0.25, -0.2) is 4.79 Å². The average molecular weight is 636 g/mol. The number of phenolic OH excluding ortho intramolecular Hbond substituents is 1. The SMILES string of the molecule is CCC(C)C(NC(=O)C1CCCN1C(=O)C(N)Cc1ccc(O)cc1)C(=O)N1CCCC1C(=O)NC(Cc1ccccc1)C(=O)O. The Hall–Kier alpha value is -4.45. The third kappa shape index (κ3) is 8.42. The van der Waals surface area contributed by atoms with Crippen molar-refractivity contribution in [1.82, 2.24) is 20.4 Å². The van der Waals surface area contributed by atoms with Crippen molar-refractivity contribution in [3.63, 3.8) is 0 Å². The Balaban J connectivity index is 1.42. The molecule has 0 aromatic heterocycles. The monoisotopic (exact) mass is 635 g/mol. The molecule has 248 valence electrons. The lowest BCUT2D eigenvalue weighted by atomic mass is 9.96. The first kappa shape index (κ1) is 34.4. The molecule has 2 saturated heterocycles. The molecule has 6 N–H and O–H groups in total. The first-order valence-corrected chi connectivity index (χ1v) is 16.0. The van der Waals surface area contributed by atoms with Crippen molar-refractivity contribution < 1.29 is 34.2 Å². The minimum absolute atomic E-state index is 0.101. The number of aliphatic carboxylic acids is 1. The molecule has 0 bridgehead atoms. The maximum absolute atomic E-state index is 14.0. The summed E-state index contributed by atoms with van der Waals surface area (Å²) >= 11 is 0. The number of nitrogens with one attached hydrogen (secondary N) is 2. The number of carbonyl (C=O) groups is 5. The number of carbonyl (C=O) groups excluding carboxylic acids is 4. The summed E-state index contributed by atoms with van der Waals surface area (Å²) in [5.41, 5.74) is 7.79. The molecular formula is C34H45N5O7. The quantitative estimate of drug-likeness (QED) is 0.220. The van der Waals surface area contributed by atoms with Crippen molar-refractivity contribution >= 4 is 29.6 Å². The summed E-state index contributed by atoms with van der Waals surface area (Å²) in [4.78, 5) is 69.2. The van der Waals surface area contributed by atoms with Gasteiger partial charge in [0.2, 0.25) is 23.6 Å². The number of nitrogens with two attached hydrogens (primary N) is 1. The maximum atomic E-state index is 14.0. The van der Waals surface area contributed by atoms with Gasteiger partial charge in [0, 0.05) is 19.5 Å². The second-order valence-electron chi connectivity index (χ2n) is 12.3. The van der Waals surface area contributed by atoms with Gasteiger partial charge in [-0.2, -0.15) is 0 Å². The molecule has 2 heterocycles. The van der Waals surface area contributed by atoms with Gasteiger partial charge in [-0.1, -0.05) is 62.7 Å². The zero-order chi connectivity index (χ0) is 33.4. The molecule has 2 aromatic carbocycles. The summed E-state index contributed by atoms with van der Waals surface area (Å²) < 4.78 is 0. The number of carboxylic acids is 1. The Morgan fingerprint density at radius 1 is 0.826 bits per heavy atom. The number of hydrogen-bond acceptors (Lipinski definition) is 7. The number of rotatable bonds is 13. The molecule has 6 atom stereocenters. The van der Waals surface area contributed by atoms with E-state index in [0.717, 1.165) is 11.1 Å². The van der Waals surface area contributed by atoms with Crippen LogP contribution in [0, 0.1) is 5.92 Å². The molecule has 0 saturated carbocycles.